The first-order valence-electron chi connectivity index (χ1n) is 5.97. The molecule has 4 nitrogen and oxygen atoms in total. The van der Waals surface area contributed by atoms with Crippen LogP contribution in [0.25, 0.3) is 0 Å². The smallest absolute Gasteiger partial charge is 0.254 e. The Balaban J connectivity index is 2.14. The summed E-state index contributed by atoms with van der Waals surface area (Å²) in [5.41, 5.74) is 7.00. The van der Waals surface area contributed by atoms with Gasteiger partial charge in [-0.15, -0.1) is 0 Å². The number of anilines is 1. The summed E-state index contributed by atoms with van der Waals surface area (Å²) in [5, 5.41) is 3.41. The summed E-state index contributed by atoms with van der Waals surface area (Å²) < 4.78 is 0. The number of carbonyl (C=O) groups excluding carboxylic acids is 1. The summed E-state index contributed by atoms with van der Waals surface area (Å²) in [5.74, 6) is 0.0671. The van der Waals surface area contributed by atoms with Crippen molar-refractivity contribution >= 4 is 11.6 Å². The third-order valence-corrected chi connectivity index (χ3v) is 2.98. The summed E-state index contributed by atoms with van der Waals surface area (Å²) in [7, 11) is 0. The molecule has 2 rings (SSSR count). The molecular weight excluding hydrogens is 214 g/mol. The molecule has 3 N–H and O–H groups in total. The number of benzene rings is 1. The van der Waals surface area contributed by atoms with Crippen molar-refractivity contribution in [3.8, 4) is 0 Å². The molecule has 92 valence electrons. The topological polar surface area (TPSA) is 58.4 Å². The van der Waals surface area contributed by atoms with Gasteiger partial charge in [0.1, 0.15) is 0 Å². The number of hydrogen-bond acceptors (Lipinski definition) is 3. The van der Waals surface area contributed by atoms with Crippen LogP contribution in [0.15, 0.2) is 24.3 Å². The van der Waals surface area contributed by atoms with Crippen LogP contribution in [0.5, 0.6) is 0 Å². The van der Waals surface area contributed by atoms with E-state index in [9.17, 15) is 4.79 Å². The van der Waals surface area contributed by atoms with Gasteiger partial charge in [0, 0.05) is 36.4 Å². The van der Waals surface area contributed by atoms with Crippen molar-refractivity contribution in [1.82, 2.24) is 10.2 Å². The van der Waals surface area contributed by atoms with Crippen molar-refractivity contribution in [3.63, 3.8) is 0 Å². The van der Waals surface area contributed by atoms with Crippen molar-refractivity contribution in [3.05, 3.63) is 29.8 Å². The molecule has 1 aliphatic heterocycles. The zero-order chi connectivity index (χ0) is 12.4. The van der Waals surface area contributed by atoms with Crippen LogP contribution in [0.2, 0.25) is 0 Å². The van der Waals surface area contributed by atoms with E-state index in [0.29, 0.717) is 23.3 Å². The van der Waals surface area contributed by atoms with E-state index in [-0.39, 0.29) is 5.91 Å². The molecule has 0 bridgehead atoms. The second kappa shape index (κ2) is 4.75. The second-order valence-corrected chi connectivity index (χ2v) is 4.80. The van der Waals surface area contributed by atoms with E-state index in [0.717, 1.165) is 13.1 Å². The minimum Gasteiger partial charge on any atom is -0.399 e. The molecule has 1 aromatic carbocycles. The summed E-state index contributed by atoms with van der Waals surface area (Å²) in [6.45, 7) is 5.68. The fourth-order valence-corrected chi connectivity index (χ4v) is 2.35. The monoisotopic (exact) mass is 233 g/mol. The molecule has 1 aromatic rings. The minimum atomic E-state index is 0.0671. The minimum absolute atomic E-state index is 0.0671. The summed E-state index contributed by atoms with van der Waals surface area (Å²) in [6, 6.07) is 7.83. The number of carbonyl (C=O) groups is 1. The van der Waals surface area contributed by atoms with Crippen LogP contribution in [0.1, 0.15) is 24.2 Å². The molecule has 1 heterocycles. The molecule has 1 saturated heterocycles. The van der Waals surface area contributed by atoms with E-state index in [1.807, 2.05) is 17.0 Å². The Morgan fingerprint density at radius 3 is 2.59 bits per heavy atom. The quantitative estimate of drug-likeness (QED) is 0.714. The van der Waals surface area contributed by atoms with Crippen LogP contribution in [0.3, 0.4) is 0 Å². The SMILES string of the molecule is CC1CN(C(=O)c2cccc(N)c2)CC(C)N1. The lowest BCUT2D eigenvalue weighted by Gasteiger charge is -2.36. The largest absolute Gasteiger partial charge is 0.399 e. The van der Waals surface area contributed by atoms with Gasteiger partial charge in [0.05, 0.1) is 0 Å². The molecule has 1 fully saturated rings. The molecule has 0 aliphatic carbocycles. The lowest BCUT2D eigenvalue weighted by Crippen LogP contribution is -2.55. The molecule has 0 spiro atoms. The average molecular weight is 233 g/mol. The Morgan fingerprint density at radius 2 is 2.00 bits per heavy atom. The number of hydrogen-bond donors (Lipinski definition) is 2. The van der Waals surface area contributed by atoms with Gasteiger partial charge in [-0.2, -0.15) is 0 Å². The lowest BCUT2D eigenvalue weighted by atomic mass is 10.1. The van der Waals surface area contributed by atoms with Crippen molar-refractivity contribution in [2.24, 2.45) is 0 Å². The fourth-order valence-electron chi connectivity index (χ4n) is 2.35. The normalized spacial score (nSPS) is 24.7. The van der Waals surface area contributed by atoms with Gasteiger partial charge in [0.15, 0.2) is 0 Å². The van der Waals surface area contributed by atoms with Gasteiger partial charge in [-0.1, -0.05) is 6.07 Å². The van der Waals surface area contributed by atoms with Crippen LogP contribution in [-0.4, -0.2) is 36.0 Å². The Morgan fingerprint density at radius 1 is 1.35 bits per heavy atom. The van der Waals surface area contributed by atoms with Gasteiger partial charge in [0.25, 0.3) is 5.91 Å². The van der Waals surface area contributed by atoms with Crippen LogP contribution < -0.4 is 11.1 Å². The Kier molecular flexibility index (Phi) is 3.33. The molecular formula is C13H19N3O. The number of nitrogen functional groups attached to an aromatic ring is 1. The number of rotatable bonds is 1. The number of nitrogens with zero attached hydrogens (tertiary/aromatic N) is 1. The number of amides is 1. The van der Waals surface area contributed by atoms with Crippen LogP contribution >= 0.6 is 0 Å². The maximum Gasteiger partial charge on any atom is 0.254 e. The molecule has 4 heteroatoms. The van der Waals surface area contributed by atoms with Crippen LogP contribution in [-0.2, 0) is 0 Å². The third-order valence-electron chi connectivity index (χ3n) is 2.98. The van der Waals surface area contributed by atoms with Gasteiger partial charge in [-0.3, -0.25) is 4.79 Å². The summed E-state index contributed by atoms with van der Waals surface area (Å²) in [6.07, 6.45) is 0. The molecule has 2 atom stereocenters. The van der Waals surface area contributed by atoms with Gasteiger partial charge >= 0.3 is 0 Å². The lowest BCUT2D eigenvalue weighted by molar-refractivity contribution is 0.0674. The molecule has 0 saturated carbocycles. The Hall–Kier alpha value is -1.55. The van der Waals surface area contributed by atoms with E-state index in [2.05, 4.69) is 19.2 Å². The van der Waals surface area contributed by atoms with Crippen LogP contribution in [0, 0.1) is 0 Å². The Bertz CT molecular complexity index is 409. The zero-order valence-electron chi connectivity index (χ0n) is 10.3. The summed E-state index contributed by atoms with van der Waals surface area (Å²) >= 11 is 0. The maximum absolute atomic E-state index is 12.3. The van der Waals surface area contributed by atoms with Crippen molar-refractivity contribution in [2.75, 3.05) is 18.8 Å². The summed E-state index contributed by atoms with van der Waals surface area (Å²) in [4.78, 5) is 14.2. The first-order valence-corrected chi connectivity index (χ1v) is 5.97. The third kappa shape index (κ3) is 2.77. The highest BCUT2D eigenvalue weighted by Gasteiger charge is 2.25. The Labute approximate surface area is 102 Å². The molecule has 0 radical (unpaired) electrons. The van der Waals surface area contributed by atoms with E-state index >= 15 is 0 Å². The molecule has 0 aromatic heterocycles. The molecule has 1 amide bonds. The molecule has 2 unspecified atom stereocenters. The van der Waals surface area contributed by atoms with Crippen molar-refractivity contribution in [1.29, 1.82) is 0 Å². The standard InChI is InChI=1S/C13H19N3O/c1-9-7-16(8-10(2)15-9)13(17)11-4-3-5-12(14)6-11/h3-6,9-10,15H,7-8,14H2,1-2H3. The maximum atomic E-state index is 12.3. The van der Waals surface area contributed by atoms with Crippen LogP contribution in [0.4, 0.5) is 5.69 Å². The first kappa shape index (κ1) is 11.9. The highest BCUT2D eigenvalue weighted by atomic mass is 16.2. The molecule has 17 heavy (non-hydrogen) atoms. The number of piperazine rings is 1. The number of nitrogens with one attached hydrogen (secondary N) is 1. The highest BCUT2D eigenvalue weighted by molar-refractivity contribution is 5.95. The highest BCUT2D eigenvalue weighted by Crippen LogP contribution is 2.12. The number of nitrogens with two attached hydrogens (primary N) is 1. The van der Waals surface area contributed by atoms with E-state index in [1.165, 1.54) is 0 Å². The molecule has 1 aliphatic rings. The predicted molar refractivity (Wildman–Crippen MR) is 68.8 cm³/mol. The zero-order valence-corrected chi connectivity index (χ0v) is 10.3. The van der Waals surface area contributed by atoms with E-state index in [1.54, 1.807) is 12.1 Å². The van der Waals surface area contributed by atoms with Gasteiger partial charge in [-0.05, 0) is 32.0 Å². The van der Waals surface area contributed by atoms with E-state index < -0.39 is 0 Å². The van der Waals surface area contributed by atoms with Gasteiger partial charge < -0.3 is 16.0 Å². The average Bonchev–Trinajstić information content (AvgIpc) is 2.26. The van der Waals surface area contributed by atoms with Gasteiger partial charge in [0.2, 0.25) is 0 Å². The predicted octanol–water partition coefficient (Wildman–Crippen LogP) is 1.09. The second-order valence-electron chi connectivity index (χ2n) is 4.80. The van der Waals surface area contributed by atoms with Crippen molar-refractivity contribution < 1.29 is 4.79 Å². The van der Waals surface area contributed by atoms with Gasteiger partial charge in [-0.25, -0.2) is 0 Å². The fraction of sp³-hybridized carbons (Fsp3) is 0.462. The van der Waals surface area contributed by atoms with Crippen molar-refractivity contribution in [2.45, 2.75) is 25.9 Å². The first-order chi connectivity index (χ1) is 8.06. The van der Waals surface area contributed by atoms with E-state index in [4.69, 9.17) is 5.73 Å².